The normalized spacial score (nSPS) is 18.6. The highest BCUT2D eigenvalue weighted by molar-refractivity contribution is 7.89. The van der Waals surface area contributed by atoms with Gasteiger partial charge in [-0.3, -0.25) is 9.69 Å². The Bertz CT molecular complexity index is 996. The third-order valence-electron chi connectivity index (χ3n) is 6.45. The predicted molar refractivity (Wildman–Crippen MR) is 132 cm³/mol. The van der Waals surface area contributed by atoms with Gasteiger partial charge >= 0.3 is 0 Å². The van der Waals surface area contributed by atoms with E-state index in [2.05, 4.69) is 32.0 Å². The van der Waals surface area contributed by atoms with E-state index in [0.717, 1.165) is 18.8 Å². The fourth-order valence-electron chi connectivity index (χ4n) is 4.58. The van der Waals surface area contributed by atoms with Gasteiger partial charge in [0.25, 0.3) is 0 Å². The molecule has 2 aliphatic heterocycles. The molecular formula is C25H34N4O3S. The fraction of sp³-hybridized carbons (Fsp3) is 0.480. The summed E-state index contributed by atoms with van der Waals surface area (Å²) in [6.45, 7) is 3.88. The van der Waals surface area contributed by atoms with Crippen molar-refractivity contribution in [2.75, 3.05) is 42.9 Å². The molecule has 7 nitrogen and oxygen atoms in total. The highest BCUT2D eigenvalue weighted by atomic mass is 32.2. The van der Waals surface area contributed by atoms with Gasteiger partial charge in [0.1, 0.15) is 0 Å². The maximum Gasteiger partial charge on any atom is 0.240 e. The summed E-state index contributed by atoms with van der Waals surface area (Å²) in [6, 6.07) is 16.5. The zero-order valence-electron chi connectivity index (χ0n) is 19.1. The van der Waals surface area contributed by atoms with Gasteiger partial charge in [0.2, 0.25) is 15.9 Å². The van der Waals surface area contributed by atoms with E-state index in [0.29, 0.717) is 32.5 Å². The topological polar surface area (TPSA) is 81.8 Å². The molecule has 0 spiro atoms. The zero-order valence-corrected chi connectivity index (χ0v) is 19.9. The molecule has 2 N–H and O–H groups in total. The maximum atomic E-state index is 12.5. The van der Waals surface area contributed by atoms with Crippen molar-refractivity contribution in [1.82, 2.24) is 9.62 Å². The molecule has 8 heteroatoms. The standard InChI is InChI=1S/C25H34N4O3S/c30-25(26-21-10-12-23(13-11-21)29-16-6-1-2-7-17-29)20-28-18-14-22(15-19-28)27-33(31,32)24-8-4-3-5-9-24/h3-5,8-13,22,27H,1-2,6-7,14-20H2,(H,26,30). The number of nitrogens with one attached hydrogen (secondary N) is 2. The second-order valence-electron chi connectivity index (χ2n) is 8.98. The van der Waals surface area contributed by atoms with Crippen LogP contribution in [-0.2, 0) is 14.8 Å². The molecule has 0 aliphatic carbocycles. The van der Waals surface area contributed by atoms with Crippen LogP contribution >= 0.6 is 0 Å². The summed E-state index contributed by atoms with van der Waals surface area (Å²) >= 11 is 0. The number of carbonyl (C=O) groups is 1. The van der Waals surface area contributed by atoms with Gasteiger partial charge in [-0.05, 0) is 62.1 Å². The van der Waals surface area contributed by atoms with Gasteiger partial charge < -0.3 is 10.2 Å². The van der Waals surface area contributed by atoms with Gasteiger partial charge in [-0.15, -0.1) is 0 Å². The Hall–Kier alpha value is -2.42. The summed E-state index contributed by atoms with van der Waals surface area (Å²) in [4.78, 5) is 17.3. The molecule has 0 unspecified atom stereocenters. The fourth-order valence-corrected chi connectivity index (χ4v) is 5.91. The molecule has 1 amide bonds. The third kappa shape index (κ3) is 6.79. The quantitative estimate of drug-likeness (QED) is 0.648. The Morgan fingerprint density at radius 3 is 2.12 bits per heavy atom. The Balaban J connectivity index is 1.21. The molecule has 2 fully saturated rings. The van der Waals surface area contributed by atoms with E-state index in [1.807, 2.05) is 12.1 Å². The summed E-state index contributed by atoms with van der Waals surface area (Å²) in [5.41, 5.74) is 2.03. The average molecular weight is 471 g/mol. The van der Waals surface area contributed by atoms with Crippen molar-refractivity contribution in [2.24, 2.45) is 0 Å². The van der Waals surface area contributed by atoms with Crippen molar-refractivity contribution < 1.29 is 13.2 Å². The summed E-state index contributed by atoms with van der Waals surface area (Å²) in [5, 5.41) is 2.99. The summed E-state index contributed by atoms with van der Waals surface area (Å²) in [7, 11) is -3.51. The molecule has 2 aliphatic rings. The maximum absolute atomic E-state index is 12.5. The first-order chi connectivity index (χ1) is 16.0. The number of sulfonamides is 1. The van der Waals surface area contributed by atoms with Crippen LogP contribution in [0.25, 0.3) is 0 Å². The number of anilines is 2. The molecule has 0 atom stereocenters. The second-order valence-corrected chi connectivity index (χ2v) is 10.7. The minimum atomic E-state index is -3.51. The summed E-state index contributed by atoms with van der Waals surface area (Å²) in [6.07, 6.45) is 6.46. The van der Waals surface area contributed by atoms with Gasteiger partial charge in [0.15, 0.2) is 0 Å². The summed E-state index contributed by atoms with van der Waals surface area (Å²) in [5.74, 6) is -0.0409. The SMILES string of the molecule is O=C(CN1CCC(NS(=O)(=O)c2ccccc2)CC1)Nc1ccc(N2CCCCCC2)cc1. The molecule has 2 saturated heterocycles. The largest absolute Gasteiger partial charge is 0.372 e. The molecule has 33 heavy (non-hydrogen) atoms. The molecule has 0 bridgehead atoms. The highest BCUT2D eigenvalue weighted by Gasteiger charge is 2.25. The van der Waals surface area contributed by atoms with Gasteiger partial charge in [-0.2, -0.15) is 0 Å². The van der Waals surface area contributed by atoms with E-state index in [-0.39, 0.29) is 16.8 Å². The third-order valence-corrected chi connectivity index (χ3v) is 7.99. The number of benzene rings is 2. The van der Waals surface area contributed by atoms with Crippen LogP contribution in [0.5, 0.6) is 0 Å². The first-order valence-corrected chi connectivity index (χ1v) is 13.4. The highest BCUT2D eigenvalue weighted by Crippen LogP contribution is 2.22. The van der Waals surface area contributed by atoms with Crippen molar-refractivity contribution in [2.45, 2.75) is 49.5 Å². The first kappa shape index (κ1) is 23.7. The smallest absolute Gasteiger partial charge is 0.240 e. The molecule has 2 aromatic carbocycles. The molecule has 0 aromatic heterocycles. The van der Waals surface area contributed by atoms with Crippen LogP contribution in [0, 0.1) is 0 Å². The van der Waals surface area contributed by atoms with Crippen molar-refractivity contribution >= 4 is 27.3 Å². The van der Waals surface area contributed by atoms with Gasteiger partial charge in [-0.1, -0.05) is 31.0 Å². The van der Waals surface area contributed by atoms with E-state index < -0.39 is 10.0 Å². The lowest BCUT2D eigenvalue weighted by Crippen LogP contribution is -2.46. The molecular weight excluding hydrogens is 436 g/mol. The van der Waals surface area contributed by atoms with E-state index >= 15 is 0 Å². The van der Waals surface area contributed by atoms with Crippen LogP contribution in [-0.4, -0.2) is 58.0 Å². The molecule has 2 aromatic rings. The number of carbonyl (C=O) groups excluding carboxylic acids is 1. The monoisotopic (exact) mass is 470 g/mol. The number of amides is 1. The van der Waals surface area contributed by atoms with Gasteiger partial charge in [0.05, 0.1) is 11.4 Å². The van der Waals surface area contributed by atoms with Crippen LogP contribution in [0.1, 0.15) is 38.5 Å². The van der Waals surface area contributed by atoms with E-state index in [1.54, 1.807) is 30.3 Å². The molecule has 0 radical (unpaired) electrons. The average Bonchev–Trinajstić information content (AvgIpc) is 3.11. The second kappa shape index (κ2) is 11.1. The van der Waals surface area contributed by atoms with Crippen molar-refractivity contribution in [3.05, 3.63) is 54.6 Å². The van der Waals surface area contributed by atoms with Crippen molar-refractivity contribution in [3.63, 3.8) is 0 Å². The van der Waals surface area contributed by atoms with Crippen molar-refractivity contribution in [1.29, 1.82) is 0 Å². The number of hydrogen-bond donors (Lipinski definition) is 2. The molecule has 0 saturated carbocycles. The van der Waals surface area contributed by atoms with Crippen LogP contribution in [0.4, 0.5) is 11.4 Å². The molecule has 178 valence electrons. The lowest BCUT2D eigenvalue weighted by Gasteiger charge is -2.31. The molecule has 2 heterocycles. The Kier molecular flexibility index (Phi) is 8.01. The zero-order chi connectivity index (χ0) is 23.1. The minimum absolute atomic E-state index is 0.0409. The number of hydrogen-bond acceptors (Lipinski definition) is 5. The Labute approximate surface area is 197 Å². The van der Waals surface area contributed by atoms with Gasteiger partial charge in [0, 0.05) is 43.6 Å². The Morgan fingerprint density at radius 2 is 1.48 bits per heavy atom. The van der Waals surface area contributed by atoms with Crippen LogP contribution in [0.3, 0.4) is 0 Å². The lowest BCUT2D eigenvalue weighted by molar-refractivity contribution is -0.117. The van der Waals surface area contributed by atoms with E-state index in [9.17, 15) is 13.2 Å². The van der Waals surface area contributed by atoms with Crippen LogP contribution in [0.15, 0.2) is 59.5 Å². The number of rotatable bonds is 7. The van der Waals surface area contributed by atoms with Crippen molar-refractivity contribution in [3.8, 4) is 0 Å². The molecule has 4 rings (SSSR count). The predicted octanol–water partition coefficient (Wildman–Crippen LogP) is 3.45. The lowest BCUT2D eigenvalue weighted by atomic mass is 10.1. The Morgan fingerprint density at radius 1 is 0.848 bits per heavy atom. The number of likely N-dealkylation sites (tertiary alicyclic amines) is 1. The first-order valence-electron chi connectivity index (χ1n) is 11.9. The van der Waals surface area contributed by atoms with Crippen LogP contribution < -0.4 is 14.9 Å². The van der Waals surface area contributed by atoms with Crippen LogP contribution in [0.2, 0.25) is 0 Å². The number of nitrogens with zero attached hydrogens (tertiary/aromatic N) is 2. The van der Waals surface area contributed by atoms with E-state index in [4.69, 9.17) is 0 Å². The summed E-state index contributed by atoms with van der Waals surface area (Å²) < 4.78 is 27.8. The number of piperidine rings is 1. The van der Waals surface area contributed by atoms with Gasteiger partial charge in [-0.25, -0.2) is 13.1 Å². The van der Waals surface area contributed by atoms with E-state index in [1.165, 1.54) is 31.4 Å². The minimum Gasteiger partial charge on any atom is -0.372 e.